The fourth-order valence-electron chi connectivity index (χ4n) is 4.08. The van der Waals surface area contributed by atoms with Crippen molar-refractivity contribution in [2.75, 3.05) is 13.7 Å². The van der Waals surface area contributed by atoms with Gasteiger partial charge in [0.25, 0.3) is 11.8 Å². The fraction of sp³-hybridized carbons (Fsp3) is 0.471. The summed E-state index contributed by atoms with van der Waals surface area (Å²) in [6.45, 7) is 0.202. The molecule has 4 atom stereocenters. The number of fused-ring (bicyclic) bond motifs is 3. The molecular weight excluding hydrogens is 298 g/mol. The number of amides is 2. The zero-order valence-electron chi connectivity index (χ0n) is 12.7. The summed E-state index contributed by atoms with van der Waals surface area (Å²) in [7, 11) is 1.35. The third-order valence-electron chi connectivity index (χ3n) is 5.17. The van der Waals surface area contributed by atoms with E-state index in [2.05, 4.69) is 0 Å². The molecule has 0 N–H and O–H groups in total. The van der Waals surface area contributed by atoms with Gasteiger partial charge in [-0.2, -0.15) is 0 Å². The molecular formula is C17H17NO5. The lowest BCUT2D eigenvalue weighted by Gasteiger charge is -2.28. The number of rotatable bonds is 3. The number of esters is 1. The minimum atomic E-state index is -0.400. The number of nitrogens with zero attached hydrogens (tertiary/aromatic N) is 1. The fourth-order valence-corrected chi connectivity index (χ4v) is 4.08. The Hall–Kier alpha value is -2.21. The van der Waals surface area contributed by atoms with Gasteiger partial charge in [-0.25, -0.2) is 0 Å². The largest absolute Gasteiger partial charge is 0.469 e. The molecule has 6 nitrogen and oxygen atoms in total. The lowest BCUT2D eigenvalue weighted by atomic mass is 9.79. The van der Waals surface area contributed by atoms with E-state index in [9.17, 15) is 14.4 Å². The Labute approximate surface area is 133 Å². The van der Waals surface area contributed by atoms with E-state index in [1.165, 1.54) is 12.0 Å². The van der Waals surface area contributed by atoms with E-state index < -0.39 is 5.92 Å². The van der Waals surface area contributed by atoms with Crippen molar-refractivity contribution in [3.8, 4) is 0 Å². The molecule has 3 aliphatic rings. The Morgan fingerprint density at radius 3 is 2.39 bits per heavy atom. The van der Waals surface area contributed by atoms with Crippen LogP contribution < -0.4 is 0 Å². The van der Waals surface area contributed by atoms with Crippen LogP contribution in [0.15, 0.2) is 24.3 Å². The van der Waals surface area contributed by atoms with E-state index in [4.69, 9.17) is 9.47 Å². The summed E-state index contributed by atoms with van der Waals surface area (Å²) in [6.07, 6.45) is 1.43. The standard InChI is InChI=1S/C17H17NO5/c1-22-17(21)14-11(12-6-7-13(14)23-12)8-18-15(19)9-4-2-3-5-10(9)16(18)20/h2-5,11-14H,6-8H2,1H3. The van der Waals surface area contributed by atoms with Crippen molar-refractivity contribution < 1.29 is 23.9 Å². The summed E-state index contributed by atoms with van der Waals surface area (Å²) in [5, 5.41) is 0. The summed E-state index contributed by atoms with van der Waals surface area (Å²) in [6, 6.07) is 6.80. The molecule has 2 fully saturated rings. The minimum absolute atomic E-state index is 0.0894. The van der Waals surface area contributed by atoms with Crippen LogP contribution in [-0.2, 0) is 14.3 Å². The lowest BCUT2D eigenvalue weighted by molar-refractivity contribution is -0.148. The summed E-state index contributed by atoms with van der Waals surface area (Å²) in [5.41, 5.74) is 0.854. The average Bonchev–Trinajstić information content (AvgIpc) is 3.24. The molecule has 2 amide bonds. The van der Waals surface area contributed by atoms with Gasteiger partial charge in [0.15, 0.2) is 0 Å². The third-order valence-corrected chi connectivity index (χ3v) is 5.17. The predicted octanol–water partition coefficient (Wildman–Crippen LogP) is 1.25. The molecule has 23 heavy (non-hydrogen) atoms. The molecule has 0 spiro atoms. The number of hydrogen-bond donors (Lipinski definition) is 0. The van der Waals surface area contributed by atoms with Crippen LogP contribution in [0.2, 0.25) is 0 Å². The second kappa shape index (κ2) is 5.16. The van der Waals surface area contributed by atoms with Crippen LogP contribution in [0, 0.1) is 11.8 Å². The van der Waals surface area contributed by atoms with Crippen molar-refractivity contribution in [2.24, 2.45) is 11.8 Å². The van der Waals surface area contributed by atoms with Gasteiger partial charge < -0.3 is 9.47 Å². The molecule has 4 unspecified atom stereocenters. The number of methoxy groups -OCH3 is 1. The SMILES string of the molecule is COC(=O)C1C2CCC(O2)C1CN1C(=O)c2ccccc2C1=O. The van der Waals surface area contributed by atoms with Crippen LogP contribution in [-0.4, -0.2) is 48.5 Å². The van der Waals surface area contributed by atoms with Gasteiger partial charge >= 0.3 is 5.97 Å². The maximum Gasteiger partial charge on any atom is 0.311 e. The summed E-state index contributed by atoms with van der Waals surface area (Å²) in [5.74, 6) is -1.50. The van der Waals surface area contributed by atoms with E-state index in [1.807, 2.05) is 0 Å². The van der Waals surface area contributed by atoms with E-state index >= 15 is 0 Å². The normalized spacial score (nSPS) is 31.6. The topological polar surface area (TPSA) is 72.9 Å². The van der Waals surface area contributed by atoms with Gasteiger partial charge in [0.05, 0.1) is 36.4 Å². The maximum atomic E-state index is 12.5. The molecule has 1 aromatic rings. The van der Waals surface area contributed by atoms with Gasteiger partial charge in [0.2, 0.25) is 0 Å². The highest BCUT2D eigenvalue weighted by Crippen LogP contribution is 2.44. The van der Waals surface area contributed by atoms with Crippen molar-refractivity contribution in [3.05, 3.63) is 35.4 Å². The first-order chi connectivity index (χ1) is 11.1. The Bertz CT molecular complexity index is 665. The average molecular weight is 315 g/mol. The second-order valence-corrected chi connectivity index (χ2v) is 6.27. The smallest absolute Gasteiger partial charge is 0.311 e. The zero-order chi connectivity index (χ0) is 16.1. The Kier molecular flexibility index (Phi) is 3.23. The highest BCUT2D eigenvalue weighted by molar-refractivity contribution is 6.21. The monoisotopic (exact) mass is 315 g/mol. The molecule has 6 heteroatoms. The molecule has 3 heterocycles. The Morgan fingerprint density at radius 1 is 1.17 bits per heavy atom. The van der Waals surface area contributed by atoms with Gasteiger partial charge in [-0.05, 0) is 25.0 Å². The van der Waals surface area contributed by atoms with Gasteiger partial charge in [-0.3, -0.25) is 19.3 Å². The first-order valence-corrected chi connectivity index (χ1v) is 7.80. The van der Waals surface area contributed by atoms with Crippen LogP contribution in [0.1, 0.15) is 33.6 Å². The molecule has 0 saturated carbocycles. The quantitative estimate of drug-likeness (QED) is 0.620. The molecule has 0 aromatic heterocycles. The first kappa shape index (κ1) is 14.4. The molecule has 3 aliphatic heterocycles. The predicted molar refractivity (Wildman–Crippen MR) is 78.7 cm³/mol. The van der Waals surface area contributed by atoms with Gasteiger partial charge in [0, 0.05) is 12.5 Å². The molecule has 1 aromatic carbocycles. The summed E-state index contributed by atoms with van der Waals surface area (Å²) in [4.78, 5) is 38.3. The van der Waals surface area contributed by atoms with Crippen molar-refractivity contribution in [1.82, 2.24) is 4.90 Å². The number of carbonyl (C=O) groups is 3. The molecule has 0 aliphatic carbocycles. The van der Waals surface area contributed by atoms with Gasteiger partial charge in [0.1, 0.15) is 0 Å². The number of imide groups is 1. The molecule has 0 radical (unpaired) electrons. The van der Waals surface area contributed by atoms with E-state index in [-0.39, 0.29) is 42.5 Å². The van der Waals surface area contributed by atoms with Crippen molar-refractivity contribution in [2.45, 2.75) is 25.0 Å². The van der Waals surface area contributed by atoms with Crippen LogP contribution >= 0.6 is 0 Å². The van der Waals surface area contributed by atoms with E-state index in [1.54, 1.807) is 24.3 Å². The number of hydrogen-bond acceptors (Lipinski definition) is 5. The summed E-state index contributed by atoms with van der Waals surface area (Å²) >= 11 is 0. The molecule has 4 rings (SSSR count). The molecule has 2 saturated heterocycles. The number of carbonyl (C=O) groups excluding carboxylic acids is 3. The van der Waals surface area contributed by atoms with Crippen LogP contribution in [0.25, 0.3) is 0 Å². The third kappa shape index (κ3) is 2.01. The first-order valence-electron chi connectivity index (χ1n) is 7.80. The zero-order valence-corrected chi connectivity index (χ0v) is 12.7. The number of ether oxygens (including phenoxy) is 2. The highest BCUT2D eigenvalue weighted by Gasteiger charge is 2.54. The van der Waals surface area contributed by atoms with Gasteiger partial charge in [-0.1, -0.05) is 12.1 Å². The van der Waals surface area contributed by atoms with E-state index in [0.717, 1.165) is 12.8 Å². The Morgan fingerprint density at radius 2 is 1.78 bits per heavy atom. The van der Waals surface area contributed by atoms with Crippen LogP contribution in [0.4, 0.5) is 0 Å². The van der Waals surface area contributed by atoms with Gasteiger partial charge in [-0.15, -0.1) is 0 Å². The maximum absolute atomic E-state index is 12.5. The highest BCUT2D eigenvalue weighted by atomic mass is 16.5. The minimum Gasteiger partial charge on any atom is -0.469 e. The Balaban J connectivity index is 1.60. The lowest BCUT2D eigenvalue weighted by Crippen LogP contribution is -2.43. The second-order valence-electron chi connectivity index (χ2n) is 6.27. The molecule has 2 bridgehead atoms. The molecule has 120 valence electrons. The van der Waals surface area contributed by atoms with Crippen molar-refractivity contribution in [1.29, 1.82) is 0 Å². The number of benzene rings is 1. The summed E-state index contributed by atoms with van der Waals surface area (Å²) < 4.78 is 10.7. The van der Waals surface area contributed by atoms with Crippen molar-refractivity contribution >= 4 is 17.8 Å². The van der Waals surface area contributed by atoms with E-state index in [0.29, 0.717) is 11.1 Å². The van der Waals surface area contributed by atoms with Crippen molar-refractivity contribution in [3.63, 3.8) is 0 Å². The van der Waals surface area contributed by atoms with Crippen LogP contribution in [0.3, 0.4) is 0 Å². The van der Waals surface area contributed by atoms with Crippen LogP contribution in [0.5, 0.6) is 0 Å².